The van der Waals surface area contributed by atoms with E-state index in [2.05, 4.69) is 15.5 Å². The molecule has 0 unspecified atom stereocenters. The zero-order valence-corrected chi connectivity index (χ0v) is 15.6. The highest BCUT2D eigenvalue weighted by Crippen LogP contribution is 2.23. The zero-order valence-electron chi connectivity index (χ0n) is 14.8. The molecule has 0 radical (unpaired) electrons. The Bertz CT molecular complexity index is 892. The van der Waals surface area contributed by atoms with Crippen molar-refractivity contribution in [3.63, 3.8) is 0 Å². The summed E-state index contributed by atoms with van der Waals surface area (Å²) in [6.45, 7) is 4.94. The van der Waals surface area contributed by atoms with Crippen molar-refractivity contribution < 1.29 is 17.7 Å². The van der Waals surface area contributed by atoms with Crippen molar-refractivity contribution in [3.8, 4) is 11.5 Å². The summed E-state index contributed by atoms with van der Waals surface area (Å²) in [4.78, 5) is 16.9. The molecule has 0 aliphatic carbocycles. The number of hydrogen-bond acceptors (Lipinski definition) is 6. The molecule has 2 aromatic rings. The molecule has 140 valence electrons. The molecular weight excluding hydrogens is 356 g/mol. The minimum absolute atomic E-state index is 0.121. The topological polar surface area (TPSA) is 105 Å². The first kappa shape index (κ1) is 18.5. The van der Waals surface area contributed by atoms with E-state index in [1.165, 1.54) is 4.31 Å². The molecule has 1 fully saturated rings. The predicted molar refractivity (Wildman–Crippen MR) is 96.1 cm³/mol. The van der Waals surface area contributed by atoms with Crippen LogP contribution in [0.25, 0.3) is 11.5 Å². The number of carbonyl (C=O) groups excluding carboxylic acids is 1. The molecule has 3 rings (SSSR count). The van der Waals surface area contributed by atoms with Gasteiger partial charge in [-0.15, -0.1) is 0 Å². The fourth-order valence-electron chi connectivity index (χ4n) is 2.78. The Labute approximate surface area is 152 Å². The van der Waals surface area contributed by atoms with Crippen LogP contribution in [0.3, 0.4) is 0 Å². The summed E-state index contributed by atoms with van der Waals surface area (Å²) in [6, 6.07) is 6.97. The highest BCUT2D eigenvalue weighted by atomic mass is 32.2. The SMILES string of the molecule is CC(C)c1noc(-c2ccccc2C(=O)NCCN2CCCS2(=O)=O)n1. The van der Waals surface area contributed by atoms with Gasteiger partial charge in [0.15, 0.2) is 5.82 Å². The minimum Gasteiger partial charge on any atom is -0.351 e. The van der Waals surface area contributed by atoms with Crippen molar-refractivity contribution >= 4 is 15.9 Å². The number of benzene rings is 1. The molecule has 1 saturated heterocycles. The average Bonchev–Trinajstić information content (AvgIpc) is 3.22. The van der Waals surface area contributed by atoms with Crippen LogP contribution >= 0.6 is 0 Å². The summed E-state index contributed by atoms with van der Waals surface area (Å²) in [5.74, 6) is 0.868. The second kappa shape index (κ2) is 7.55. The Morgan fingerprint density at radius 1 is 1.35 bits per heavy atom. The van der Waals surface area contributed by atoms with Crippen LogP contribution in [0.1, 0.15) is 42.4 Å². The molecular formula is C17H22N4O4S. The number of nitrogens with zero attached hydrogens (tertiary/aromatic N) is 3. The Morgan fingerprint density at radius 3 is 2.77 bits per heavy atom. The Morgan fingerprint density at radius 2 is 2.12 bits per heavy atom. The number of carbonyl (C=O) groups is 1. The van der Waals surface area contributed by atoms with Gasteiger partial charge in [0.2, 0.25) is 10.0 Å². The van der Waals surface area contributed by atoms with E-state index in [0.29, 0.717) is 35.8 Å². The van der Waals surface area contributed by atoms with Crippen LogP contribution in [0.5, 0.6) is 0 Å². The lowest BCUT2D eigenvalue weighted by atomic mass is 10.1. The fraction of sp³-hybridized carbons (Fsp3) is 0.471. The minimum atomic E-state index is -3.16. The van der Waals surface area contributed by atoms with Crippen molar-refractivity contribution in [1.82, 2.24) is 19.8 Å². The molecule has 26 heavy (non-hydrogen) atoms. The van der Waals surface area contributed by atoms with E-state index in [1.54, 1.807) is 24.3 Å². The molecule has 1 aromatic heterocycles. The quantitative estimate of drug-likeness (QED) is 0.819. The van der Waals surface area contributed by atoms with Gasteiger partial charge in [0.25, 0.3) is 11.8 Å². The largest absolute Gasteiger partial charge is 0.351 e. The number of nitrogens with one attached hydrogen (secondary N) is 1. The zero-order chi connectivity index (χ0) is 18.7. The molecule has 8 nitrogen and oxygen atoms in total. The number of amides is 1. The average molecular weight is 378 g/mol. The van der Waals surface area contributed by atoms with Crippen LogP contribution in [0.2, 0.25) is 0 Å². The Kier molecular flexibility index (Phi) is 5.38. The molecule has 1 aliphatic rings. The lowest BCUT2D eigenvalue weighted by molar-refractivity contribution is 0.0952. The maximum atomic E-state index is 12.5. The number of rotatable bonds is 6. The maximum absolute atomic E-state index is 12.5. The monoisotopic (exact) mass is 378 g/mol. The third kappa shape index (κ3) is 3.94. The molecule has 1 aliphatic heterocycles. The summed E-state index contributed by atoms with van der Waals surface area (Å²) in [5, 5.41) is 6.70. The second-order valence-corrected chi connectivity index (χ2v) is 8.57. The van der Waals surface area contributed by atoms with Crippen molar-refractivity contribution in [3.05, 3.63) is 35.7 Å². The highest BCUT2D eigenvalue weighted by molar-refractivity contribution is 7.89. The molecule has 9 heteroatoms. The first-order chi connectivity index (χ1) is 12.4. The fourth-order valence-corrected chi connectivity index (χ4v) is 4.31. The molecule has 0 saturated carbocycles. The predicted octanol–water partition coefficient (Wildman–Crippen LogP) is 1.63. The number of aromatic nitrogens is 2. The van der Waals surface area contributed by atoms with Crippen molar-refractivity contribution in [2.75, 3.05) is 25.4 Å². The summed E-state index contributed by atoms with van der Waals surface area (Å²) < 4.78 is 30.3. The lowest BCUT2D eigenvalue weighted by Crippen LogP contribution is -2.36. The van der Waals surface area contributed by atoms with Crippen LogP contribution in [-0.4, -0.2) is 54.2 Å². The molecule has 0 bridgehead atoms. The smallest absolute Gasteiger partial charge is 0.258 e. The van der Waals surface area contributed by atoms with Crippen LogP contribution in [-0.2, 0) is 10.0 Å². The molecule has 1 N–H and O–H groups in total. The Hall–Kier alpha value is -2.26. The Balaban J connectivity index is 1.69. The van der Waals surface area contributed by atoms with Crippen LogP contribution in [0.15, 0.2) is 28.8 Å². The van der Waals surface area contributed by atoms with E-state index >= 15 is 0 Å². The van der Waals surface area contributed by atoms with Gasteiger partial charge >= 0.3 is 0 Å². The molecule has 2 heterocycles. The van der Waals surface area contributed by atoms with E-state index in [1.807, 2.05) is 13.8 Å². The first-order valence-electron chi connectivity index (χ1n) is 8.57. The summed E-state index contributed by atoms with van der Waals surface area (Å²) in [5.41, 5.74) is 0.967. The lowest BCUT2D eigenvalue weighted by Gasteiger charge is -2.14. The normalized spacial score (nSPS) is 16.9. The van der Waals surface area contributed by atoms with Crippen LogP contribution < -0.4 is 5.32 Å². The maximum Gasteiger partial charge on any atom is 0.258 e. The molecule has 0 spiro atoms. The van der Waals surface area contributed by atoms with Crippen molar-refractivity contribution in [2.24, 2.45) is 0 Å². The van der Waals surface area contributed by atoms with Gasteiger partial charge in [0, 0.05) is 25.6 Å². The van der Waals surface area contributed by atoms with E-state index in [4.69, 9.17) is 4.52 Å². The number of hydrogen-bond donors (Lipinski definition) is 1. The third-order valence-corrected chi connectivity index (χ3v) is 6.17. The highest BCUT2D eigenvalue weighted by Gasteiger charge is 2.27. The molecule has 1 aromatic carbocycles. The standard InChI is InChI=1S/C17H22N4O4S/c1-12(2)15-19-17(25-20-15)14-7-4-3-6-13(14)16(22)18-8-10-21-9-5-11-26(21,23)24/h3-4,6-7,12H,5,8-11H2,1-2H3,(H,18,22). The van der Waals surface area contributed by atoms with Gasteiger partial charge < -0.3 is 9.84 Å². The van der Waals surface area contributed by atoms with Crippen LogP contribution in [0, 0.1) is 0 Å². The molecule has 0 atom stereocenters. The van der Waals surface area contributed by atoms with E-state index < -0.39 is 10.0 Å². The number of sulfonamides is 1. The molecule has 1 amide bonds. The summed E-state index contributed by atoms with van der Waals surface area (Å²) >= 11 is 0. The van der Waals surface area contributed by atoms with Crippen molar-refractivity contribution in [1.29, 1.82) is 0 Å². The third-order valence-electron chi connectivity index (χ3n) is 4.21. The van der Waals surface area contributed by atoms with E-state index in [-0.39, 0.29) is 30.7 Å². The van der Waals surface area contributed by atoms with E-state index in [9.17, 15) is 13.2 Å². The van der Waals surface area contributed by atoms with Gasteiger partial charge in [0.1, 0.15) is 0 Å². The van der Waals surface area contributed by atoms with Gasteiger partial charge in [-0.05, 0) is 18.6 Å². The second-order valence-electron chi connectivity index (χ2n) is 6.48. The summed E-state index contributed by atoms with van der Waals surface area (Å²) in [7, 11) is -3.16. The first-order valence-corrected chi connectivity index (χ1v) is 10.2. The van der Waals surface area contributed by atoms with Gasteiger partial charge in [-0.1, -0.05) is 31.1 Å². The van der Waals surface area contributed by atoms with Gasteiger partial charge in [0.05, 0.1) is 16.9 Å². The van der Waals surface area contributed by atoms with E-state index in [0.717, 1.165) is 0 Å². The van der Waals surface area contributed by atoms with Crippen LogP contribution in [0.4, 0.5) is 0 Å². The van der Waals surface area contributed by atoms with Gasteiger partial charge in [-0.3, -0.25) is 4.79 Å². The summed E-state index contributed by atoms with van der Waals surface area (Å²) in [6.07, 6.45) is 0.633. The van der Waals surface area contributed by atoms with Crippen molar-refractivity contribution in [2.45, 2.75) is 26.2 Å². The van der Waals surface area contributed by atoms with Gasteiger partial charge in [-0.25, -0.2) is 12.7 Å². The van der Waals surface area contributed by atoms with Gasteiger partial charge in [-0.2, -0.15) is 4.98 Å².